The molecule has 0 aromatic heterocycles. The highest BCUT2D eigenvalue weighted by molar-refractivity contribution is 5.95. The molecule has 5 nitrogen and oxygen atoms in total. The van der Waals surface area contributed by atoms with Gasteiger partial charge >= 0.3 is 5.97 Å². The molecule has 0 radical (unpaired) electrons. The van der Waals surface area contributed by atoms with E-state index in [2.05, 4.69) is 5.32 Å². The third kappa shape index (κ3) is 4.76. The van der Waals surface area contributed by atoms with Crippen molar-refractivity contribution in [3.63, 3.8) is 0 Å². The Morgan fingerprint density at radius 2 is 1.50 bits per heavy atom. The first kappa shape index (κ1) is 19.2. The summed E-state index contributed by atoms with van der Waals surface area (Å²) in [6.07, 6.45) is -0.152. The lowest BCUT2D eigenvalue weighted by molar-refractivity contribution is -0.122. The topological polar surface area (TPSA) is 75.6 Å². The summed E-state index contributed by atoms with van der Waals surface area (Å²) in [7, 11) is 0. The fourth-order valence-electron chi connectivity index (χ4n) is 2.76. The number of hydrogen-bond acceptors (Lipinski definition) is 3. The van der Waals surface area contributed by atoms with Gasteiger partial charge < -0.3 is 15.2 Å². The standard InChI is InChI=1S/C23H21NO4/c1-2-21(22(25)24-19-12-8-18(9-13-19)23(26)27)28-20-14-10-17(11-15-20)16-6-4-3-5-7-16/h3-15,21H,2H2,1H3,(H,24,25)(H,26,27). The van der Waals surface area contributed by atoms with E-state index in [1.165, 1.54) is 12.1 Å². The Morgan fingerprint density at radius 3 is 2.07 bits per heavy atom. The molecule has 0 aliphatic rings. The average Bonchev–Trinajstić information content (AvgIpc) is 2.73. The van der Waals surface area contributed by atoms with Crippen LogP contribution in [0.5, 0.6) is 5.75 Å². The van der Waals surface area contributed by atoms with Crippen LogP contribution in [0.15, 0.2) is 78.9 Å². The van der Waals surface area contributed by atoms with Gasteiger partial charge in [-0.05, 0) is 53.9 Å². The van der Waals surface area contributed by atoms with E-state index in [1.54, 1.807) is 12.1 Å². The molecule has 1 unspecified atom stereocenters. The average molecular weight is 375 g/mol. The molecular formula is C23H21NO4. The van der Waals surface area contributed by atoms with Crippen molar-refractivity contribution in [2.45, 2.75) is 19.4 Å². The number of anilines is 1. The molecule has 3 rings (SSSR count). The summed E-state index contributed by atoms with van der Waals surface area (Å²) in [4.78, 5) is 23.4. The maximum Gasteiger partial charge on any atom is 0.335 e. The molecule has 1 atom stereocenters. The Bertz CT molecular complexity index is 935. The van der Waals surface area contributed by atoms with Gasteiger partial charge in [-0.3, -0.25) is 4.79 Å². The SMILES string of the molecule is CCC(Oc1ccc(-c2ccccc2)cc1)C(=O)Nc1ccc(C(=O)O)cc1. The summed E-state index contributed by atoms with van der Waals surface area (Å²) in [5, 5.41) is 11.7. The molecule has 0 spiro atoms. The van der Waals surface area contributed by atoms with Crippen LogP contribution in [0.3, 0.4) is 0 Å². The quantitative estimate of drug-likeness (QED) is 0.619. The van der Waals surface area contributed by atoms with Gasteiger partial charge in [0, 0.05) is 5.69 Å². The molecule has 0 aliphatic carbocycles. The molecule has 1 amide bonds. The number of carbonyl (C=O) groups excluding carboxylic acids is 1. The Hall–Kier alpha value is -3.60. The molecule has 0 bridgehead atoms. The summed E-state index contributed by atoms with van der Waals surface area (Å²) in [5.74, 6) is -0.674. The smallest absolute Gasteiger partial charge is 0.335 e. The second-order valence-electron chi connectivity index (χ2n) is 6.28. The van der Waals surface area contributed by atoms with E-state index < -0.39 is 12.1 Å². The predicted octanol–water partition coefficient (Wildman–Crippen LogP) is 4.85. The summed E-state index contributed by atoms with van der Waals surface area (Å²) >= 11 is 0. The number of nitrogens with one attached hydrogen (secondary N) is 1. The van der Waals surface area contributed by atoms with Gasteiger partial charge in [0.05, 0.1) is 5.56 Å². The van der Waals surface area contributed by atoms with E-state index in [0.29, 0.717) is 17.9 Å². The number of benzene rings is 3. The minimum atomic E-state index is -1.01. The fourth-order valence-corrected chi connectivity index (χ4v) is 2.76. The third-order valence-electron chi connectivity index (χ3n) is 4.30. The molecule has 0 fully saturated rings. The van der Waals surface area contributed by atoms with Crippen LogP contribution >= 0.6 is 0 Å². The van der Waals surface area contributed by atoms with Gasteiger partial charge in [-0.15, -0.1) is 0 Å². The highest BCUT2D eigenvalue weighted by Crippen LogP contribution is 2.23. The molecule has 142 valence electrons. The molecule has 2 N–H and O–H groups in total. The van der Waals surface area contributed by atoms with E-state index >= 15 is 0 Å². The number of ether oxygens (including phenoxy) is 1. The van der Waals surface area contributed by atoms with Crippen LogP contribution in [0.1, 0.15) is 23.7 Å². The van der Waals surface area contributed by atoms with E-state index in [0.717, 1.165) is 11.1 Å². The zero-order valence-corrected chi connectivity index (χ0v) is 15.5. The van der Waals surface area contributed by atoms with Crippen molar-refractivity contribution in [1.82, 2.24) is 0 Å². The summed E-state index contributed by atoms with van der Waals surface area (Å²) in [6.45, 7) is 1.87. The molecule has 28 heavy (non-hydrogen) atoms. The number of carboxylic acid groups (broad SMARTS) is 1. The fraction of sp³-hybridized carbons (Fsp3) is 0.130. The Labute approximate surface area is 163 Å². The van der Waals surface area contributed by atoms with Gasteiger partial charge in [-0.25, -0.2) is 4.79 Å². The van der Waals surface area contributed by atoms with Crippen LogP contribution in [0.25, 0.3) is 11.1 Å². The monoisotopic (exact) mass is 375 g/mol. The zero-order valence-electron chi connectivity index (χ0n) is 15.5. The molecule has 0 saturated heterocycles. The first-order valence-corrected chi connectivity index (χ1v) is 9.03. The van der Waals surface area contributed by atoms with E-state index in [9.17, 15) is 9.59 Å². The number of rotatable bonds is 7. The van der Waals surface area contributed by atoms with Crippen molar-refractivity contribution in [3.8, 4) is 16.9 Å². The second kappa shape index (κ2) is 8.86. The molecule has 0 heterocycles. The maximum absolute atomic E-state index is 12.5. The van der Waals surface area contributed by atoms with Gasteiger partial charge in [-0.1, -0.05) is 49.4 Å². The third-order valence-corrected chi connectivity index (χ3v) is 4.30. The second-order valence-corrected chi connectivity index (χ2v) is 6.28. The lowest BCUT2D eigenvalue weighted by atomic mass is 10.1. The summed E-state index contributed by atoms with van der Waals surface area (Å²) in [5.41, 5.74) is 2.88. The van der Waals surface area contributed by atoms with E-state index in [1.807, 2.05) is 61.5 Å². The number of hydrogen-bond donors (Lipinski definition) is 2. The molecule has 0 saturated carbocycles. The van der Waals surface area contributed by atoms with Crippen LogP contribution in [0, 0.1) is 0 Å². The molecule has 3 aromatic rings. The minimum absolute atomic E-state index is 0.166. The van der Waals surface area contributed by atoms with Gasteiger partial charge in [0.1, 0.15) is 5.75 Å². The van der Waals surface area contributed by atoms with Gasteiger partial charge in [-0.2, -0.15) is 0 Å². The minimum Gasteiger partial charge on any atom is -0.481 e. The lowest BCUT2D eigenvalue weighted by Gasteiger charge is -2.17. The molecule has 5 heteroatoms. The van der Waals surface area contributed by atoms with Gasteiger partial charge in [0.15, 0.2) is 6.10 Å². The summed E-state index contributed by atoms with van der Waals surface area (Å²) < 4.78 is 5.84. The zero-order chi connectivity index (χ0) is 19.9. The van der Waals surface area contributed by atoms with E-state index in [4.69, 9.17) is 9.84 Å². The molecule has 0 aliphatic heterocycles. The Balaban J connectivity index is 1.64. The van der Waals surface area contributed by atoms with Crippen molar-refractivity contribution in [2.24, 2.45) is 0 Å². The van der Waals surface area contributed by atoms with Crippen molar-refractivity contribution >= 4 is 17.6 Å². The largest absolute Gasteiger partial charge is 0.481 e. The van der Waals surface area contributed by atoms with Crippen LogP contribution in [-0.4, -0.2) is 23.1 Å². The molecular weight excluding hydrogens is 354 g/mol. The van der Waals surface area contributed by atoms with Crippen molar-refractivity contribution in [2.75, 3.05) is 5.32 Å². The van der Waals surface area contributed by atoms with Crippen LogP contribution in [0.4, 0.5) is 5.69 Å². The predicted molar refractivity (Wildman–Crippen MR) is 109 cm³/mol. The lowest BCUT2D eigenvalue weighted by Crippen LogP contribution is -2.32. The Morgan fingerprint density at radius 1 is 0.893 bits per heavy atom. The maximum atomic E-state index is 12.5. The van der Waals surface area contributed by atoms with Crippen LogP contribution in [-0.2, 0) is 4.79 Å². The molecule has 3 aromatic carbocycles. The van der Waals surface area contributed by atoms with Crippen molar-refractivity contribution in [1.29, 1.82) is 0 Å². The Kier molecular flexibility index (Phi) is 6.07. The normalized spacial score (nSPS) is 11.5. The highest BCUT2D eigenvalue weighted by Gasteiger charge is 2.18. The van der Waals surface area contributed by atoms with Gasteiger partial charge in [0.25, 0.3) is 5.91 Å². The van der Waals surface area contributed by atoms with Crippen molar-refractivity contribution in [3.05, 3.63) is 84.4 Å². The number of amides is 1. The number of aromatic carboxylic acids is 1. The number of carboxylic acids is 1. The van der Waals surface area contributed by atoms with Crippen LogP contribution in [0.2, 0.25) is 0 Å². The first-order valence-electron chi connectivity index (χ1n) is 9.03. The summed E-state index contributed by atoms with van der Waals surface area (Å²) in [6, 6.07) is 23.6. The van der Waals surface area contributed by atoms with Gasteiger partial charge in [0.2, 0.25) is 0 Å². The number of carbonyl (C=O) groups is 2. The highest BCUT2D eigenvalue weighted by atomic mass is 16.5. The van der Waals surface area contributed by atoms with Crippen molar-refractivity contribution < 1.29 is 19.4 Å². The van der Waals surface area contributed by atoms with Crippen LogP contribution < -0.4 is 10.1 Å². The first-order chi connectivity index (χ1) is 13.6. The van der Waals surface area contributed by atoms with E-state index in [-0.39, 0.29) is 11.5 Å².